The molecular weight excluding hydrogens is 364 g/mol. The molecule has 22 heavy (non-hydrogen) atoms. The van der Waals surface area contributed by atoms with Crippen molar-refractivity contribution in [3.63, 3.8) is 0 Å². The third-order valence-electron chi connectivity index (χ3n) is 3.37. The normalized spacial score (nSPS) is 11.2. The summed E-state index contributed by atoms with van der Waals surface area (Å²) < 4.78 is 28.1. The van der Waals surface area contributed by atoms with E-state index in [0.29, 0.717) is 5.69 Å². The average Bonchev–Trinajstić information content (AvgIpc) is 2.50. The molecule has 4 nitrogen and oxygen atoms in total. The molecule has 0 aliphatic carbocycles. The zero-order valence-electron chi connectivity index (χ0n) is 12.6. The molecule has 0 aliphatic rings. The first-order chi connectivity index (χ1) is 10.5. The second-order valence-electron chi connectivity index (χ2n) is 4.78. The van der Waals surface area contributed by atoms with Gasteiger partial charge in [-0.2, -0.15) is 0 Å². The molecule has 0 unspecified atom stereocenters. The van der Waals surface area contributed by atoms with Gasteiger partial charge in [-0.25, -0.2) is 8.42 Å². The number of sulfonamides is 1. The fourth-order valence-electron chi connectivity index (χ4n) is 2.16. The molecule has 0 atom stereocenters. The highest BCUT2D eigenvalue weighted by atomic mass is 79.9. The summed E-state index contributed by atoms with van der Waals surface area (Å²) in [6.45, 7) is 6.02. The van der Waals surface area contributed by atoms with Gasteiger partial charge >= 0.3 is 0 Å². The van der Waals surface area contributed by atoms with Crippen molar-refractivity contribution in [1.29, 1.82) is 0 Å². The molecule has 0 aromatic heterocycles. The summed E-state index contributed by atoms with van der Waals surface area (Å²) in [4.78, 5) is 2.44. The maximum Gasteiger partial charge on any atom is 0.261 e. The van der Waals surface area contributed by atoms with Crippen LogP contribution in [0.1, 0.15) is 13.8 Å². The molecule has 2 aromatic carbocycles. The second-order valence-corrected chi connectivity index (χ2v) is 7.38. The highest BCUT2D eigenvalue weighted by Gasteiger charge is 2.14. The van der Waals surface area contributed by atoms with E-state index in [1.807, 2.05) is 12.1 Å². The number of nitrogens with one attached hydrogen (secondary N) is 1. The molecule has 0 radical (unpaired) electrons. The van der Waals surface area contributed by atoms with Crippen LogP contribution in [0.3, 0.4) is 0 Å². The van der Waals surface area contributed by atoms with Crippen molar-refractivity contribution in [2.75, 3.05) is 22.7 Å². The Bertz CT molecular complexity index is 709. The van der Waals surface area contributed by atoms with Crippen molar-refractivity contribution in [2.24, 2.45) is 0 Å². The highest BCUT2D eigenvalue weighted by Crippen LogP contribution is 2.21. The number of benzene rings is 2. The van der Waals surface area contributed by atoms with Gasteiger partial charge in [-0.15, -0.1) is 0 Å². The Kier molecular flexibility index (Phi) is 5.47. The Hall–Kier alpha value is -1.53. The monoisotopic (exact) mass is 382 g/mol. The summed E-state index contributed by atoms with van der Waals surface area (Å²) in [5.41, 5.74) is 1.63. The number of hydrogen-bond donors (Lipinski definition) is 1. The number of rotatable bonds is 6. The molecule has 2 rings (SSSR count). The van der Waals surface area contributed by atoms with Gasteiger partial charge in [-0.05, 0) is 62.4 Å². The molecule has 2 aromatic rings. The van der Waals surface area contributed by atoms with E-state index in [0.717, 1.165) is 23.2 Å². The van der Waals surface area contributed by atoms with Crippen LogP contribution in [0, 0.1) is 0 Å². The summed E-state index contributed by atoms with van der Waals surface area (Å²) in [5.74, 6) is 0. The van der Waals surface area contributed by atoms with Gasteiger partial charge in [0.15, 0.2) is 0 Å². The van der Waals surface area contributed by atoms with Crippen molar-refractivity contribution in [2.45, 2.75) is 18.7 Å². The standard InChI is InChI=1S/C16H19BrN2O2S/c1-3-19(4-2)15-9-7-14(8-10-15)18-22(20,21)16-11-5-13(17)6-12-16/h5-12,18H,3-4H2,1-2H3. The van der Waals surface area contributed by atoms with Gasteiger partial charge in [0.05, 0.1) is 4.90 Å². The van der Waals surface area contributed by atoms with E-state index < -0.39 is 10.0 Å². The molecule has 0 bridgehead atoms. The zero-order valence-corrected chi connectivity index (χ0v) is 15.0. The highest BCUT2D eigenvalue weighted by molar-refractivity contribution is 9.10. The van der Waals surface area contributed by atoms with E-state index in [2.05, 4.69) is 39.4 Å². The summed E-state index contributed by atoms with van der Waals surface area (Å²) in [7, 11) is -3.56. The molecular formula is C16H19BrN2O2S. The maximum atomic E-state index is 12.3. The van der Waals surface area contributed by atoms with E-state index in [1.54, 1.807) is 36.4 Å². The van der Waals surface area contributed by atoms with Crippen LogP contribution in [0.2, 0.25) is 0 Å². The van der Waals surface area contributed by atoms with Crippen LogP contribution in [0.15, 0.2) is 57.9 Å². The first-order valence-corrected chi connectivity index (χ1v) is 9.37. The van der Waals surface area contributed by atoms with Gasteiger partial charge < -0.3 is 4.90 Å². The first kappa shape index (κ1) is 16.8. The van der Waals surface area contributed by atoms with Crippen molar-refractivity contribution < 1.29 is 8.42 Å². The van der Waals surface area contributed by atoms with Crippen molar-refractivity contribution in [1.82, 2.24) is 0 Å². The van der Waals surface area contributed by atoms with Crippen molar-refractivity contribution in [3.8, 4) is 0 Å². The Labute approximate surface area is 140 Å². The van der Waals surface area contributed by atoms with Crippen LogP contribution >= 0.6 is 15.9 Å². The molecule has 0 fully saturated rings. The van der Waals surface area contributed by atoms with E-state index >= 15 is 0 Å². The van der Waals surface area contributed by atoms with Crippen LogP contribution in [0.5, 0.6) is 0 Å². The summed E-state index contributed by atoms with van der Waals surface area (Å²) in [6.07, 6.45) is 0. The molecule has 0 amide bonds. The third-order valence-corrected chi connectivity index (χ3v) is 5.30. The molecule has 1 N–H and O–H groups in total. The second kappa shape index (κ2) is 7.15. The Morgan fingerprint density at radius 1 is 0.955 bits per heavy atom. The lowest BCUT2D eigenvalue weighted by atomic mass is 10.2. The zero-order chi connectivity index (χ0) is 16.2. The predicted octanol–water partition coefficient (Wildman–Crippen LogP) is 4.10. The molecule has 0 saturated carbocycles. The van der Waals surface area contributed by atoms with Gasteiger partial charge in [0.1, 0.15) is 0 Å². The lowest BCUT2D eigenvalue weighted by molar-refractivity contribution is 0.601. The van der Waals surface area contributed by atoms with Crippen LogP contribution in [-0.2, 0) is 10.0 Å². The Balaban J connectivity index is 2.18. The van der Waals surface area contributed by atoms with Crippen LogP contribution in [0.4, 0.5) is 11.4 Å². The largest absolute Gasteiger partial charge is 0.372 e. The SMILES string of the molecule is CCN(CC)c1ccc(NS(=O)(=O)c2ccc(Br)cc2)cc1. The quantitative estimate of drug-likeness (QED) is 0.817. The lowest BCUT2D eigenvalue weighted by Crippen LogP contribution is -2.21. The topological polar surface area (TPSA) is 49.4 Å². The molecule has 0 saturated heterocycles. The van der Waals surface area contributed by atoms with Crippen LogP contribution < -0.4 is 9.62 Å². The van der Waals surface area contributed by atoms with Crippen molar-refractivity contribution >= 4 is 37.3 Å². The number of hydrogen-bond acceptors (Lipinski definition) is 3. The molecule has 0 aliphatic heterocycles. The van der Waals surface area contributed by atoms with Gasteiger partial charge in [0.25, 0.3) is 10.0 Å². The van der Waals surface area contributed by atoms with Gasteiger partial charge in [0.2, 0.25) is 0 Å². The predicted molar refractivity (Wildman–Crippen MR) is 95.0 cm³/mol. The van der Waals surface area contributed by atoms with Crippen LogP contribution in [-0.4, -0.2) is 21.5 Å². The smallest absolute Gasteiger partial charge is 0.261 e. The number of halogens is 1. The third kappa shape index (κ3) is 4.01. The summed E-state index contributed by atoms with van der Waals surface area (Å²) >= 11 is 3.29. The molecule has 0 spiro atoms. The minimum absolute atomic E-state index is 0.239. The van der Waals surface area contributed by atoms with Gasteiger partial charge in [-0.1, -0.05) is 15.9 Å². The van der Waals surface area contributed by atoms with E-state index in [4.69, 9.17) is 0 Å². The molecule has 118 valence electrons. The number of nitrogens with zero attached hydrogens (tertiary/aromatic N) is 1. The minimum atomic E-state index is -3.56. The number of anilines is 2. The average molecular weight is 383 g/mol. The maximum absolute atomic E-state index is 12.3. The molecule has 0 heterocycles. The van der Waals surface area contributed by atoms with Crippen molar-refractivity contribution in [3.05, 3.63) is 53.0 Å². The van der Waals surface area contributed by atoms with E-state index in [1.165, 1.54) is 0 Å². The Morgan fingerprint density at radius 3 is 2.00 bits per heavy atom. The summed E-state index contributed by atoms with van der Waals surface area (Å²) in [5, 5.41) is 0. The fraction of sp³-hybridized carbons (Fsp3) is 0.250. The van der Waals surface area contributed by atoms with E-state index in [9.17, 15) is 8.42 Å². The van der Waals surface area contributed by atoms with E-state index in [-0.39, 0.29) is 4.90 Å². The lowest BCUT2D eigenvalue weighted by Gasteiger charge is -2.21. The Morgan fingerprint density at radius 2 is 1.50 bits per heavy atom. The fourth-order valence-corrected chi connectivity index (χ4v) is 3.48. The minimum Gasteiger partial charge on any atom is -0.372 e. The first-order valence-electron chi connectivity index (χ1n) is 7.09. The van der Waals surface area contributed by atoms with Gasteiger partial charge in [-0.3, -0.25) is 4.72 Å². The summed E-state index contributed by atoms with van der Waals surface area (Å²) in [6, 6.07) is 14.0. The van der Waals surface area contributed by atoms with Crippen LogP contribution in [0.25, 0.3) is 0 Å². The van der Waals surface area contributed by atoms with Gasteiger partial charge in [0, 0.05) is 28.9 Å². The molecule has 6 heteroatoms.